The van der Waals surface area contributed by atoms with E-state index in [1.165, 1.54) is 12.3 Å². The Bertz CT molecular complexity index is 629. The number of aromatic nitrogens is 4. The molecule has 1 N–H and O–H groups in total. The fourth-order valence-corrected chi connectivity index (χ4v) is 2.60. The Hall–Kier alpha value is -1.82. The number of pyridine rings is 1. The van der Waals surface area contributed by atoms with Gasteiger partial charge in [-0.1, -0.05) is 20.8 Å². The number of nitrogens with one attached hydrogen (secondary N) is 1. The fourth-order valence-electron chi connectivity index (χ4n) is 2.60. The molecule has 5 nitrogen and oxygen atoms in total. The molecule has 0 radical (unpaired) electrons. The highest BCUT2D eigenvalue weighted by molar-refractivity contribution is 5.54. The van der Waals surface area contributed by atoms with Crippen molar-refractivity contribution in [1.29, 1.82) is 0 Å². The molecular formula is C14H18FN5. The lowest BCUT2D eigenvalue weighted by Gasteiger charge is -2.34. The summed E-state index contributed by atoms with van der Waals surface area (Å²) >= 11 is 0. The summed E-state index contributed by atoms with van der Waals surface area (Å²) in [5.41, 5.74) is 0.709. The number of hydrogen-bond acceptors (Lipinski definition) is 4. The van der Waals surface area contributed by atoms with Crippen molar-refractivity contribution in [2.45, 2.75) is 33.4 Å². The zero-order valence-electron chi connectivity index (χ0n) is 11.9. The molecule has 3 rings (SSSR count). The third-order valence-corrected chi connectivity index (χ3v) is 3.55. The first-order chi connectivity index (χ1) is 9.47. The fraction of sp³-hybridized carbons (Fsp3) is 0.500. The van der Waals surface area contributed by atoms with E-state index in [2.05, 4.69) is 45.8 Å². The molecule has 6 heteroatoms. The van der Waals surface area contributed by atoms with Gasteiger partial charge in [0.2, 0.25) is 0 Å². The van der Waals surface area contributed by atoms with Crippen LogP contribution in [0.4, 0.5) is 4.39 Å². The van der Waals surface area contributed by atoms with Gasteiger partial charge in [0.15, 0.2) is 11.6 Å². The van der Waals surface area contributed by atoms with Crippen LogP contribution in [0.15, 0.2) is 18.5 Å². The first-order valence-electron chi connectivity index (χ1n) is 6.74. The van der Waals surface area contributed by atoms with Crippen molar-refractivity contribution in [2.75, 3.05) is 6.54 Å². The summed E-state index contributed by atoms with van der Waals surface area (Å²) in [5, 5.41) is 12.0. The summed E-state index contributed by atoms with van der Waals surface area (Å²) in [6.07, 6.45) is 2.81. The van der Waals surface area contributed by atoms with Gasteiger partial charge in [0.25, 0.3) is 0 Å². The average molecular weight is 275 g/mol. The molecule has 2 aromatic heterocycles. The Balaban J connectivity index is 2.07. The predicted octanol–water partition coefficient (Wildman–Crippen LogP) is 2.17. The minimum Gasteiger partial charge on any atom is -0.308 e. The van der Waals surface area contributed by atoms with Crippen molar-refractivity contribution in [3.63, 3.8) is 0 Å². The van der Waals surface area contributed by atoms with E-state index < -0.39 is 0 Å². The van der Waals surface area contributed by atoms with Gasteiger partial charge in [-0.05, 0) is 11.5 Å². The van der Waals surface area contributed by atoms with Crippen LogP contribution in [0.25, 0.3) is 11.4 Å². The SMILES string of the molecule is CC(C)(C)C1NCCn2c(-c3cncc(F)c3)nnc21. The molecule has 0 saturated heterocycles. The van der Waals surface area contributed by atoms with Gasteiger partial charge in [-0.15, -0.1) is 10.2 Å². The summed E-state index contributed by atoms with van der Waals surface area (Å²) in [4.78, 5) is 3.89. The molecule has 0 bridgehead atoms. The molecule has 106 valence electrons. The lowest BCUT2D eigenvalue weighted by Crippen LogP contribution is -2.40. The smallest absolute Gasteiger partial charge is 0.165 e. The van der Waals surface area contributed by atoms with Crippen LogP contribution in [-0.2, 0) is 6.54 Å². The van der Waals surface area contributed by atoms with Crippen molar-refractivity contribution in [3.05, 3.63) is 30.1 Å². The highest BCUT2D eigenvalue weighted by Gasteiger charge is 2.33. The quantitative estimate of drug-likeness (QED) is 0.866. The maximum atomic E-state index is 13.3. The van der Waals surface area contributed by atoms with Gasteiger partial charge in [0.1, 0.15) is 5.82 Å². The van der Waals surface area contributed by atoms with Gasteiger partial charge in [-0.3, -0.25) is 4.98 Å². The van der Waals surface area contributed by atoms with Gasteiger partial charge in [-0.25, -0.2) is 4.39 Å². The number of nitrogens with zero attached hydrogens (tertiary/aromatic N) is 4. The molecule has 1 atom stereocenters. The molecule has 1 unspecified atom stereocenters. The molecule has 0 fully saturated rings. The van der Waals surface area contributed by atoms with Gasteiger partial charge in [0.05, 0.1) is 12.2 Å². The largest absolute Gasteiger partial charge is 0.308 e. The molecule has 1 aliphatic heterocycles. The summed E-state index contributed by atoms with van der Waals surface area (Å²) in [6.45, 7) is 8.12. The van der Waals surface area contributed by atoms with E-state index in [0.717, 1.165) is 18.9 Å². The number of halogens is 1. The van der Waals surface area contributed by atoms with Gasteiger partial charge < -0.3 is 9.88 Å². The van der Waals surface area contributed by atoms with Crippen molar-refractivity contribution >= 4 is 0 Å². The van der Waals surface area contributed by atoms with E-state index in [1.807, 2.05) is 0 Å². The lowest BCUT2D eigenvalue weighted by atomic mass is 9.85. The van der Waals surface area contributed by atoms with Crippen LogP contribution >= 0.6 is 0 Å². The Morgan fingerprint density at radius 1 is 1.30 bits per heavy atom. The average Bonchev–Trinajstić information content (AvgIpc) is 2.81. The predicted molar refractivity (Wildman–Crippen MR) is 73.4 cm³/mol. The first-order valence-corrected chi connectivity index (χ1v) is 6.74. The second-order valence-corrected chi connectivity index (χ2v) is 6.18. The van der Waals surface area contributed by atoms with Crippen LogP contribution < -0.4 is 5.32 Å². The maximum absolute atomic E-state index is 13.3. The topological polar surface area (TPSA) is 55.6 Å². The van der Waals surface area contributed by atoms with Gasteiger partial charge in [0, 0.05) is 24.8 Å². The maximum Gasteiger partial charge on any atom is 0.165 e. The van der Waals surface area contributed by atoms with Crippen molar-refractivity contribution in [2.24, 2.45) is 5.41 Å². The van der Waals surface area contributed by atoms with Gasteiger partial charge in [-0.2, -0.15) is 0 Å². The molecule has 20 heavy (non-hydrogen) atoms. The number of hydrogen-bond donors (Lipinski definition) is 1. The van der Waals surface area contributed by atoms with E-state index in [9.17, 15) is 4.39 Å². The molecule has 3 heterocycles. The summed E-state index contributed by atoms with van der Waals surface area (Å²) < 4.78 is 15.4. The van der Waals surface area contributed by atoms with E-state index in [1.54, 1.807) is 6.20 Å². The van der Waals surface area contributed by atoms with E-state index in [0.29, 0.717) is 11.4 Å². The normalized spacial score (nSPS) is 18.9. The molecule has 0 amide bonds. The minimum atomic E-state index is -0.360. The van der Waals surface area contributed by atoms with Crippen molar-refractivity contribution < 1.29 is 4.39 Å². The van der Waals surface area contributed by atoms with Crippen molar-refractivity contribution in [1.82, 2.24) is 25.1 Å². The second-order valence-electron chi connectivity index (χ2n) is 6.18. The first kappa shape index (κ1) is 13.2. The molecule has 0 spiro atoms. The molecule has 1 aliphatic rings. The molecule has 2 aromatic rings. The van der Waals surface area contributed by atoms with Crippen LogP contribution in [0.3, 0.4) is 0 Å². The Labute approximate surface area is 117 Å². The Kier molecular flexibility index (Phi) is 3.05. The van der Waals surface area contributed by atoms with E-state index >= 15 is 0 Å². The summed E-state index contributed by atoms with van der Waals surface area (Å²) in [7, 11) is 0. The van der Waals surface area contributed by atoms with Crippen LogP contribution in [0, 0.1) is 11.2 Å². The summed E-state index contributed by atoms with van der Waals surface area (Å²) in [6, 6.07) is 1.58. The molecule has 0 saturated carbocycles. The van der Waals surface area contributed by atoms with Crippen LogP contribution in [0.5, 0.6) is 0 Å². The standard InChI is InChI=1S/C14H18FN5/c1-14(2,3)11-13-19-18-12(20(13)5-4-17-11)9-6-10(15)8-16-7-9/h6-8,11,17H,4-5H2,1-3H3. The third kappa shape index (κ3) is 2.20. The molecule has 0 aromatic carbocycles. The van der Waals surface area contributed by atoms with Crippen molar-refractivity contribution in [3.8, 4) is 11.4 Å². The molecule has 0 aliphatic carbocycles. The zero-order chi connectivity index (χ0) is 14.3. The molecular weight excluding hydrogens is 257 g/mol. The van der Waals surface area contributed by atoms with Crippen LogP contribution in [0.2, 0.25) is 0 Å². The highest BCUT2D eigenvalue weighted by atomic mass is 19.1. The van der Waals surface area contributed by atoms with Gasteiger partial charge >= 0.3 is 0 Å². The zero-order valence-corrected chi connectivity index (χ0v) is 11.9. The van der Waals surface area contributed by atoms with Crippen LogP contribution in [-0.4, -0.2) is 26.3 Å². The van der Waals surface area contributed by atoms with Crippen LogP contribution in [0.1, 0.15) is 32.6 Å². The Morgan fingerprint density at radius 2 is 2.10 bits per heavy atom. The second kappa shape index (κ2) is 4.63. The minimum absolute atomic E-state index is 0.0443. The number of fused-ring (bicyclic) bond motifs is 1. The summed E-state index contributed by atoms with van der Waals surface area (Å²) in [5.74, 6) is 1.23. The Morgan fingerprint density at radius 3 is 2.80 bits per heavy atom. The highest BCUT2D eigenvalue weighted by Crippen LogP contribution is 2.35. The third-order valence-electron chi connectivity index (χ3n) is 3.55. The van der Waals surface area contributed by atoms with E-state index in [4.69, 9.17) is 0 Å². The lowest BCUT2D eigenvalue weighted by molar-refractivity contribution is 0.234. The monoisotopic (exact) mass is 275 g/mol. The van der Waals surface area contributed by atoms with E-state index in [-0.39, 0.29) is 17.3 Å². The number of rotatable bonds is 1.